The highest BCUT2D eigenvalue weighted by Gasteiger charge is 2.15. The fourth-order valence-corrected chi connectivity index (χ4v) is 2.27. The molecule has 0 atom stereocenters. The van der Waals surface area contributed by atoms with Crippen LogP contribution in [-0.4, -0.2) is 63.7 Å². The van der Waals surface area contributed by atoms with Crippen molar-refractivity contribution in [1.82, 2.24) is 4.90 Å². The Balaban J connectivity index is 2.00. The van der Waals surface area contributed by atoms with E-state index in [2.05, 4.69) is 4.90 Å². The van der Waals surface area contributed by atoms with Crippen LogP contribution in [0.5, 0.6) is 17.2 Å². The smallest absolute Gasteiger partial charge is 0.203 e. The van der Waals surface area contributed by atoms with E-state index < -0.39 is 0 Å². The summed E-state index contributed by atoms with van der Waals surface area (Å²) in [7, 11) is 3.15. The van der Waals surface area contributed by atoms with Gasteiger partial charge in [0.05, 0.1) is 34.0 Å². The Labute approximate surface area is 125 Å². The summed E-state index contributed by atoms with van der Waals surface area (Å²) in [6.07, 6.45) is 0. The summed E-state index contributed by atoms with van der Waals surface area (Å²) in [5.41, 5.74) is 0.726. The van der Waals surface area contributed by atoms with E-state index >= 15 is 0 Å². The molecule has 0 bridgehead atoms. The lowest BCUT2D eigenvalue weighted by Gasteiger charge is -2.26. The average Bonchev–Trinajstić information content (AvgIpc) is 2.55. The molecule has 118 valence electrons. The first-order valence-electron chi connectivity index (χ1n) is 7.07. The van der Waals surface area contributed by atoms with Gasteiger partial charge in [-0.2, -0.15) is 0 Å². The van der Waals surface area contributed by atoms with Crippen molar-refractivity contribution < 1.29 is 24.1 Å². The molecular formula is C15H23NO5. The minimum absolute atomic E-state index is 0.0687. The van der Waals surface area contributed by atoms with Crippen LogP contribution >= 0.6 is 0 Å². The zero-order valence-corrected chi connectivity index (χ0v) is 12.6. The first kappa shape index (κ1) is 15.9. The molecule has 1 fully saturated rings. The summed E-state index contributed by atoms with van der Waals surface area (Å²) >= 11 is 0. The van der Waals surface area contributed by atoms with E-state index in [1.54, 1.807) is 26.4 Å². The van der Waals surface area contributed by atoms with Gasteiger partial charge in [-0.1, -0.05) is 0 Å². The predicted octanol–water partition coefficient (Wildman–Crippen LogP) is 0.907. The van der Waals surface area contributed by atoms with Crippen LogP contribution in [0.2, 0.25) is 0 Å². The number of rotatable bonds is 7. The topological polar surface area (TPSA) is 60.4 Å². The van der Waals surface area contributed by atoms with Crippen molar-refractivity contribution in [3.05, 3.63) is 17.7 Å². The molecule has 0 saturated carbocycles. The van der Waals surface area contributed by atoms with E-state index in [4.69, 9.17) is 18.9 Å². The highest BCUT2D eigenvalue weighted by Crippen LogP contribution is 2.38. The molecule has 6 heteroatoms. The van der Waals surface area contributed by atoms with Crippen molar-refractivity contribution >= 4 is 0 Å². The summed E-state index contributed by atoms with van der Waals surface area (Å²) in [5.74, 6) is 1.71. The fourth-order valence-electron chi connectivity index (χ4n) is 2.27. The lowest BCUT2D eigenvalue weighted by Crippen LogP contribution is -2.38. The van der Waals surface area contributed by atoms with Crippen LogP contribution in [0, 0.1) is 0 Å². The van der Waals surface area contributed by atoms with E-state index in [1.165, 1.54) is 0 Å². The highest BCUT2D eigenvalue weighted by atomic mass is 16.5. The number of ether oxygens (including phenoxy) is 4. The number of benzene rings is 1. The molecule has 0 aliphatic carbocycles. The quantitative estimate of drug-likeness (QED) is 0.807. The maximum absolute atomic E-state index is 9.24. The van der Waals surface area contributed by atoms with Gasteiger partial charge in [0.25, 0.3) is 0 Å². The number of hydrogen-bond donors (Lipinski definition) is 1. The first-order chi connectivity index (χ1) is 10.3. The first-order valence-corrected chi connectivity index (χ1v) is 7.07. The second-order valence-corrected chi connectivity index (χ2v) is 4.79. The van der Waals surface area contributed by atoms with Crippen molar-refractivity contribution in [3.8, 4) is 17.2 Å². The number of aliphatic hydroxyl groups excluding tert-OH is 1. The van der Waals surface area contributed by atoms with Crippen molar-refractivity contribution in [2.45, 2.75) is 6.61 Å². The third-order valence-electron chi connectivity index (χ3n) is 3.46. The Hall–Kier alpha value is -1.50. The Morgan fingerprint density at radius 1 is 1.14 bits per heavy atom. The van der Waals surface area contributed by atoms with Gasteiger partial charge in [-0.05, 0) is 17.7 Å². The highest BCUT2D eigenvalue weighted by molar-refractivity contribution is 5.53. The second-order valence-electron chi connectivity index (χ2n) is 4.79. The van der Waals surface area contributed by atoms with Crippen LogP contribution in [0.4, 0.5) is 0 Å². The lowest BCUT2D eigenvalue weighted by atomic mass is 10.2. The largest absolute Gasteiger partial charge is 0.493 e. The van der Waals surface area contributed by atoms with E-state index in [1.807, 2.05) is 0 Å². The normalized spacial score (nSPS) is 15.8. The number of nitrogens with zero attached hydrogens (tertiary/aromatic N) is 1. The van der Waals surface area contributed by atoms with Crippen molar-refractivity contribution in [1.29, 1.82) is 0 Å². The SMILES string of the molecule is COc1cc(CO)cc(OC)c1OCCN1CCOCC1. The second kappa shape index (κ2) is 8.07. The summed E-state index contributed by atoms with van der Waals surface area (Å²) in [6.45, 7) is 4.72. The number of morpholine rings is 1. The molecule has 21 heavy (non-hydrogen) atoms. The Bertz CT molecular complexity index is 421. The number of hydrogen-bond acceptors (Lipinski definition) is 6. The number of methoxy groups -OCH3 is 2. The van der Waals surface area contributed by atoms with E-state index in [0.717, 1.165) is 38.4 Å². The molecular weight excluding hydrogens is 274 g/mol. The molecule has 1 aliphatic rings. The standard InChI is InChI=1S/C15H23NO5/c1-18-13-9-12(11-17)10-14(19-2)15(13)21-8-5-16-3-6-20-7-4-16/h9-10,17H,3-8,11H2,1-2H3. The number of aliphatic hydroxyl groups is 1. The van der Waals surface area contributed by atoms with Crippen LogP contribution in [0.3, 0.4) is 0 Å². The molecule has 1 heterocycles. The van der Waals surface area contributed by atoms with Crippen LogP contribution in [-0.2, 0) is 11.3 Å². The Morgan fingerprint density at radius 2 is 1.76 bits per heavy atom. The minimum atomic E-state index is -0.0687. The van der Waals surface area contributed by atoms with Gasteiger partial charge in [-0.3, -0.25) is 4.90 Å². The van der Waals surface area contributed by atoms with Gasteiger partial charge in [0, 0.05) is 19.6 Å². The van der Waals surface area contributed by atoms with Crippen molar-refractivity contribution in [2.24, 2.45) is 0 Å². The summed E-state index contributed by atoms with van der Waals surface area (Å²) in [5, 5.41) is 9.24. The van der Waals surface area contributed by atoms with Crippen LogP contribution in [0.25, 0.3) is 0 Å². The van der Waals surface area contributed by atoms with Gasteiger partial charge in [0.1, 0.15) is 6.61 Å². The summed E-state index contributed by atoms with van der Waals surface area (Å²) in [6, 6.07) is 3.51. The predicted molar refractivity (Wildman–Crippen MR) is 78.2 cm³/mol. The van der Waals surface area contributed by atoms with Crippen LogP contribution in [0.1, 0.15) is 5.56 Å². The Kier molecular flexibility index (Phi) is 6.10. The average molecular weight is 297 g/mol. The monoisotopic (exact) mass is 297 g/mol. The van der Waals surface area contributed by atoms with Gasteiger partial charge in [-0.15, -0.1) is 0 Å². The summed E-state index contributed by atoms with van der Waals surface area (Å²) < 4.78 is 21.8. The molecule has 1 aliphatic heterocycles. The molecule has 1 aromatic rings. The van der Waals surface area contributed by atoms with Crippen molar-refractivity contribution in [3.63, 3.8) is 0 Å². The maximum Gasteiger partial charge on any atom is 0.203 e. The molecule has 2 rings (SSSR count). The molecule has 0 spiro atoms. The molecule has 1 aromatic carbocycles. The molecule has 1 saturated heterocycles. The van der Waals surface area contributed by atoms with Crippen LogP contribution in [0.15, 0.2) is 12.1 Å². The fraction of sp³-hybridized carbons (Fsp3) is 0.600. The third kappa shape index (κ3) is 4.23. The van der Waals surface area contributed by atoms with E-state index in [0.29, 0.717) is 23.9 Å². The molecule has 6 nitrogen and oxygen atoms in total. The van der Waals surface area contributed by atoms with Crippen molar-refractivity contribution in [2.75, 3.05) is 53.7 Å². The van der Waals surface area contributed by atoms with Gasteiger partial charge < -0.3 is 24.1 Å². The van der Waals surface area contributed by atoms with E-state index in [9.17, 15) is 5.11 Å². The maximum atomic E-state index is 9.24. The van der Waals surface area contributed by atoms with Crippen LogP contribution < -0.4 is 14.2 Å². The molecule has 1 N–H and O–H groups in total. The zero-order valence-electron chi connectivity index (χ0n) is 12.6. The van der Waals surface area contributed by atoms with Gasteiger partial charge >= 0.3 is 0 Å². The lowest BCUT2D eigenvalue weighted by molar-refractivity contribution is 0.0319. The molecule has 0 radical (unpaired) electrons. The van der Waals surface area contributed by atoms with Gasteiger partial charge in [0.2, 0.25) is 5.75 Å². The summed E-state index contributed by atoms with van der Waals surface area (Å²) in [4.78, 5) is 2.30. The zero-order chi connectivity index (χ0) is 15.1. The van der Waals surface area contributed by atoms with E-state index in [-0.39, 0.29) is 6.61 Å². The minimum Gasteiger partial charge on any atom is -0.493 e. The molecule has 0 aromatic heterocycles. The third-order valence-corrected chi connectivity index (χ3v) is 3.46. The Morgan fingerprint density at radius 3 is 2.29 bits per heavy atom. The molecule has 0 unspecified atom stereocenters. The van der Waals surface area contributed by atoms with Gasteiger partial charge in [0.15, 0.2) is 11.5 Å². The molecule has 0 amide bonds. The van der Waals surface area contributed by atoms with Gasteiger partial charge in [-0.25, -0.2) is 0 Å².